The minimum atomic E-state index is -0.0737. The van der Waals surface area contributed by atoms with Crippen molar-refractivity contribution >= 4 is 68.3 Å². The minimum absolute atomic E-state index is 0.0737. The second-order valence-electron chi connectivity index (χ2n) is 7.25. The van der Waals surface area contributed by atoms with Crippen molar-refractivity contribution in [2.45, 2.75) is 18.7 Å². The third kappa shape index (κ3) is 4.50. The zero-order valence-electron chi connectivity index (χ0n) is 17.7. The number of fused-ring (bicyclic) bond motifs is 2. The molecule has 0 unspecified atom stereocenters. The molecule has 0 fully saturated rings. The molecule has 2 amide bonds. The Labute approximate surface area is 189 Å². The molecule has 158 valence electrons. The van der Waals surface area contributed by atoms with Gasteiger partial charge in [-0.1, -0.05) is 29.2 Å². The number of carbonyl (C=O) groups excluding carboxylic acids is 2. The number of hydrogen-bond donors (Lipinski definition) is 2. The number of carbonyl (C=O) groups is 2. The molecule has 1 aromatic heterocycles. The number of thioether (sulfide) groups is 1. The van der Waals surface area contributed by atoms with Gasteiger partial charge in [-0.15, -0.1) is 0 Å². The molecular formula is C23H23N4O2S2+. The topological polar surface area (TPSA) is 65.3 Å². The van der Waals surface area contributed by atoms with Gasteiger partial charge in [0.15, 0.2) is 0 Å². The molecule has 1 aliphatic heterocycles. The lowest BCUT2D eigenvalue weighted by Gasteiger charge is -2.13. The number of thiazole rings is 1. The van der Waals surface area contributed by atoms with Crippen LogP contribution in [0.3, 0.4) is 0 Å². The molecule has 4 rings (SSSR count). The van der Waals surface area contributed by atoms with E-state index < -0.39 is 0 Å². The summed E-state index contributed by atoms with van der Waals surface area (Å²) < 4.78 is 3.26. The molecular weight excluding hydrogens is 428 g/mol. The van der Waals surface area contributed by atoms with Gasteiger partial charge in [0.25, 0.3) is 5.01 Å². The lowest BCUT2D eigenvalue weighted by molar-refractivity contribution is -0.642. The predicted molar refractivity (Wildman–Crippen MR) is 129 cm³/mol. The highest BCUT2D eigenvalue weighted by Crippen LogP contribution is 2.46. The molecule has 2 aromatic carbocycles. The summed E-state index contributed by atoms with van der Waals surface area (Å²) in [6, 6.07) is 11.9. The third-order valence-corrected chi connectivity index (χ3v) is 7.18. The van der Waals surface area contributed by atoms with Gasteiger partial charge in [-0.2, -0.15) is 4.57 Å². The van der Waals surface area contributed by atoms with E-state index in [4.69, 9.17) is 0 Å². The van der Waals surface area contributed by atoms with E-state index in [9.17, 15) is 9.59 Å². The summed E-state index contributed by atoms with van der Waals surface area (Å²) in [6.07, 6.45) is 6.24. The monoisotopic (exact) mass is 451 g/mol. The van der Waals surface area contributed by atoms with Crippen molar-refractivity contribution in [3.05, 3.63) is 58.6 Å². The number of rotatable bonds is 4. The molecule has 0 radical (unpaired) electrons. The maximum Gasteiger partial charge on any atom is 0.262 e. The lowest BCUT2D eigenvalue weighted by atomic mass is 10.2. The summed E-state index contributed by atoms with van der Waals surface area (Å²) in [7, 11) is 4.08. The van der Waals surface area contributed by atoms with Crippen molar-refractivity contribution < 1.29 is 14.2 Å². The minimum Gasteiger partial charge on any atom is -0.338 e. The van der Waals surface area contributed by atoms with Gasteiger partial charge in [0.05, 0.1) is 10.7 Å². The van der Waals surface area contributed by atoms with Crippen molar-refractivity contribution in [2.75, 3.05) is 22.6 Å². The number of benzene rings is 2. The Kier molecular flexibility index (Phi) is 5.84. The second-order valence-corrected chi connectivity index (χ2v) is 9.38. The van der Waals surface area contributed by atoms with Crippen molar-refractivity contribution in [1.82, 2.24) is 0 Å². The molecule has 3 aromatic rings. The van der Waals surface area contributed by atoms with Crippen LogP contribution in [-0.4, -0.2) is 18.9 Å². The second kappa shape index (κ2) is 8.56. The van der Waals surface area contributed by atoms with Gasteiger partial charge >= 0.3 is 0 Å². The standard InChI is InChI=1S/C23H22N4O2S2/c1-14(28)24-16-8-10-18-20(12-16)30-22(26(18)3)6-5-7-23-27(4)19-11-9-17(25-15(2)29)13-21(19)31-23/h5-13H,1-4H3,(H-,24,25,28,29)/p+1. The maximum atomic E-state index is 11.3. The van der Waals surface area contributed by atoms with Crippen LogP contribution in [-0.2, 0) is 16.6 Å². The van der Waals surface area contributed by atoms with Crippen LogP contribution >= 0.6 is 23.1 Å². The van der Waals surface area contributed by atoms with Crippen molar-refractivity contribution in [3.63, 3.8) is 0 Å². The Hall–Kier alpha value is -3.10. The van der Waals surface area contributed by atoms with Gasteiger partial charge < -0.3 is 15.5 Å². The fraction of sp³-hybridized carbons (Fsp3) is 0.174. The lowest BCUT2D eigenvalue weighted by Crippen LogP contribution is -2.28. The molecule has 8 heteroatoms. The maximum absolute atomic E-state index is 11.3. The van der Waals surface area contributed by atoms with Crippen LogP contribution in [0.15, 0.2) is 58.5 Å². The zero-order chi connectivity index (χ0) is 22.1. The summed E-state index contributed by atoms with van der Waals surface area (Å²) >= 11 is 3.36. The summed E-state index contributed by atoms with van der Waals surface area (Å²) in [5, 5.41) is 7.89. The highest BCUT2D eigenvalue weighted by molar-refractivity contribution is 8.03. The number of aryl methyl sites for hydroxylation is 1. The van der Waals surface area contributed by atoms with Crippen molar-refractivity contribution in [1.29, 1.82) is 0 Å². The van der Waals surface area contributed by atoms with Crippen molar-refractivity contribution in [2.24, 2.45) is 7.05 Å². The van der Waals surface area contributed by atoms with Crippen LogP contribution in [0.25, 0.3) is 16.3 Å². The summed E-state index contributed by atoms with van der Waals surface area (Å²) in [4.78, 5) is 25.9. The average Bonchev–Trinajstić information content (AvgIpc) is 3.17. The number of hydrogen-bond acceptors (Lipinski definition) is 5. The van der Waals surface area contributed by atoms with Gasteiger partial charge in [-0.05, 0) is 36.4 Å². The van der Waals surface area contributed by atoms with Crippen LogP contribution in [0.5, 0.6) is 0 Å². The van der Waals surface area contributed by atoms with Gasteiger partial charge in [0, 0.05) is 49.3 Å². The molecule has 0 bridgehead atoms. The molecule has 1 aliphatic rings. The number of allylic oxidation sites excluding steroid dienone is 2. The van der Waals surface area contributed by atoms with Crippen LogP contribution < -0.4 is 20.1 Å². The first-order valence-corrected chi connectivity index (χ1v) is 11.4. The number of nitrogens with one attached hydrogen (secondary N) is 2. The van der Waals surface area contributed by atoms with E-state index in [0.717, 1.165) is 42.2 Å². The molecule has 0 aliphatic carbocycles. The Bertz CT molecular complexity index is 1260. The van der Waals surface area contributed by atoms with E-state index in [0.29, 0.717) is 0 Å². The molecule has 2 heterocycles. The molecule has 0 atom stereocenters. The number of nitrogens with zero attached hydrogens (tertiary/aromatic N) is 2. The van der Waals surface area contributed by atoms with Crippen LogP contribution in [0.4, 0.5) is 17.1 Å². The highest BCUT2D eigenvalue weighted by atomic mass is 32.2. The van der Waals surface area contributed by atoms with Gasteiger partial charge in [0.2, 0.25) is 17.3 Å². The van der Waals surface area contributed by atoms with E-state index in [-0.39, 0.29) is 11.8 Å². The predicted octanol–water partition coefficient (Wildman–Crippen LogP) is 4.74. The Balaban J connectivity index is 1.54. The summed E-state index contributed by atoms with van der Waals surface area (Å²) in [6.45, 7) is 3.02. The fourth-order valence-corrected chi connectivity index (χ4v) is 5.62. The van der Waals surface area contributed by atoms with E-state index in [1.807, 2.05) is 50.5 Å². The van der Waals surface area contributed by atoms with E-state index in [1.165, 1.54) is 13.8 Å². The SMILES string of the molecule is CC(=O)Nc1ccc2c(c1)S/C(=C\C=C\c1sc3cc(NC(C)=O)ccc3[n+]1C)N2C. The fourth-order valence-electron chi connectivity index (χ4n) is 3.41. The first-order chi connectivity index (χ1) is 14.8. The Morgan fingerprint density at radius 2 is 1.71 bits per heavy atom. The third-order valence-electron chi connectivity index (χ3n) is 4.85. The quantitative estimate of drug-likeness (QED) is 0.563. The Morgan fingerprint density at radius 3 is 2.42 bits per heavy atom. The zero-order valence-corrected chi connectivity index (χ0v) is 19.4. The normalized spacial score (nSPS) is 14.5. The molecule has 0 saturated heterocycles. The average molecular weight is 452 g/mol. The van der Waals surface area contributed by atoms with Crippen LogP contribution in [0, 0.1) is 0 Å². The molecule has 31 heavy (non-hydrogen) atoms. The van der Waals surface area contributed by atoms with E-state index >= 15 is 0 Å². The first kappa shape index (κ1) is 21.1. The largest absolute Gasteiger partial charge is 0.338 e. The van der Waals surface area contributed by atoms with Crippen LogP contribution in [0.1, 0.15) is 18.9 Å². The molecule has 0 saturated carbocycles. The number of amides is 2. The summed E-state index contributed by atoms with van der Waals surface area (Å²) in [5.41, 5.74) is 3.85. The van der Waals surface area contributed by atoms with Gasteiger partial charge in [-0.3, -0.25) is 9.59 Å². The molecule has 2 N–H and O–H groups in total. The number of aromatic nitrogens is 1. The van der Waals surface area contributed by atoms with E-state index in [1.54, 1.807) is 23.1 Å². The highest BCUT2D eigenvalue weighted by Gasteiger charge is 2.22. The van der Waals surface area contributed by atoms with Crippen molar-refractivity contribution in [3.8, 4) is 0 Å². The molecule has 0 spiro atoms. The van der Waals surface area contributed by atoms with Gasteiger partial charge in [-0.25, -0.2) is 0 Å². The first-order valence-electron chi connectivity index (χ1n) is 9.73. The smallest absolute Gasteiger partial charge is 0.262 e. The summed E-state index contributed by atoms with van der Waals surface area (Å²) in [5.74, 6) is -0.147. The van der Waals surface area contributed by atoms with Gasteiger partial charge in [0.1, 0.15) is 11.7 Å². The Morgan fingerprint density at radius 1 is 1.03 bits per heavy atom. The van der Waals surface area contributed by atoms with E-state index in [2.05, 4.69) is 38.3 Å². The van der Waals surface area contributed by atoms with Crippen LogP contribution in [0.2, 0.25) is 0 Å². The molecule has 6 nitrogen and oxygen atoms in total. The number of anilines is 3.